The zero-order valence-electron chi connectivity index (χ0n) is 13.2. The van der Waals surface area contributed by atoms with Gasteiger partial charge in [-0.2, -0.15) is 0 Å². The largest absolute Gasteiger partial charge is 0.459 e. The van der Waals surface area contributed by atoms with E-state index in [-0.39, 0.29) is 13.2 Å². The first kappa shape index (κ1) is 16.4. The molecular weight excluding hydrogens is 308 g/mol. The topological polar surface area (TPSA) is 106 Å². The molecule has 0 saturated heterocycles. The van der Waals surface area contributed by atoms with Crippen molar-refractivity contribution in [3.63, 3.8) is 0 Å². The molecule has 3 aromatic rings. The van der Waals surface area contributed by atoms with E-state index in [0.717, 1.165) is 16.8 Å². The van der Waals surface area contributed by atoms with Crippen LogP contribution in [-0.2, 0) is 6.42 Å². The molecule has 0 unspecified atom stereocenters. The van der Waals surface area contributed by atoms with Crippen molar-refractivity contribution in [1.29, 1.82) is 0 Å². The van der Waals surface area contributed by atoms with Gasteiger partial charge >= 0.3 is 0 Å². The minimum atomic E-state index is -0.942. The van der Waals surface area contributed by atoms with E-state index in [1.165, 1.54) is 0 Å². The predicted molar refractivity (Wildman–Crippen MR) is 89.1 cm³/mol. The second-order valence-corrected chi connectivity index (χ2v) is 5.89. The molecule has 2 aromatic heterocycles. The third-order valence-electron chi connectivity index (χ3n) is 4.03. The lowest BCUT2D eigenvalue weighted by Gasteiger charge is -2.24. The Kier molecular flexibility index (Phi) is 4.80. The summed E-state index contributed by atoms with van der Waals surface area (Å²) in [6, 6.07) is 11.4. The zero-order valence-corrected chi connectivity index (χ0v) is 13.2. The molecule has 0 aliphatic heterocycles. The van der Waals surface area contributed by atoms with Crippen LogP contribution in [0.25, 0.3) is 22.9 Å². The number of aryl methyl sites for hydroxylation is 1. The van der Waals surface area contributed by atoms with E-state index in [9.17, 15) is 10.2 Å². The molecule has 0 saturated carbocycles. The fourth-order valence-electron chi connectivity index (χ4n) is 2.36. The summed E-state index contributed by atoms with van der Waals surface area (Å²) in [7, 11) is 0. The van der Waals surface area contributed by atoms with Gasteiger partial charge in [0.25, 0.3) is 5.89 Å². The standard InChI is InChI=1S/C18H20N2O4/c19-18(11-21,12-22)8-7-13-3-5-14(6-4-13)15-10-24-17(20-15)16-2-1-9-23-16/h1-6,9-10,21-22H,7-8,11-12,19H2. The quantitative estimate of drug-likeness (QED) is 0.614. The van der Waals surface area contributed by atoms with E-state index in [1.807, 2.05) is 24.3 Å². The summed E-state index contributed by atoms with van der Waals surface area (Å²) in [6.45, 7) is -0.480. The fraction of sp³-hybridized carbons (Fsp3) is 0.278. The van der Waals surface area contributed by atoms with E-state index in [0.29, 0.717) is 24.5 Å². The van der Waals surface area contributed by atoms with Crippen molar-refractivity contribution in [2.24, 2.45) is 5.73 Å². The number of nitrogens with zero attached hydrogens (tertiary/aromatic N) is 1. The zero-order chi connectivity index (χ0) is 17.0. The van der Waals surface area contributed by atoms with Gasteiger partial charge in [0.1, 0.15) is 12.0 Å². The Morgan fingerprint density at radius 3 is 2.42 bits per heavy atom. The molecule has 6 nitrogen and oxygen atoms in total. The van der Waals surface area contributed by atoms with Gasteiger partial charge in [0, 0.05) is 5.56 Å². The highest BCUT2D eigenvalue weighted by atomic mass is 16.4. The van der Waals surface area contributed by atoms with Crippen LogP contribution < -0.4 is 5.73 Å². The van der Waals surface area contributed by atoms with Crippen molar-refractivity contribution in [2.45, 2.75) is 18.4 Å². The Hall–Kier alpha value is -2.41. The highest BCUT2D eigenvalue weighted by molar-refractivity contribution is 5.61. The molecule has 126 valence electrons. The SMILES string of the molecule is NC(CO)(CO)CCc1ccc(-c2coc(-c3ccco3)n2)cc1. The summed E-state index contributed by atoms with van der Waals surface area (Å²) in [5.41, 5.74) is 7.68. The first-order valence-corrected chi connectivity index (χ1v) is 7.73. The van der Waals surface area contributed by atoms with E-state index in [4.69, 9.17) is 14.6 Å². The lowest BCUT2D eigenvalue weighted by atomic mass is 9.93. The van der Waals surface area contributed by atoms with Gasteiger partial charge in [0.05, 0.1) is 25.0 Å². The molecule has 1 aromatic carbocycles. The van der Waals surface area contributed by atoms with Crippen molar-refractivity contribution in [1.82, 2.24) is 4.98 Å². The number of rotatable bonds is 7. The van der Waals surface area contributed by atoms with Crippen LogP contribution in [0.3, 0.4) is 0 Å². The number of benzene rings is 1. The molecular formula is C18H20N2O4. The molecule has 0 fully saturated rings. The second-order valence-electron chi connectivity index (χ2n) is 5.89. The molecule has 0 aliphatic rings. The molecule has 4 N–H and O–H groups in total. The molecule has 0 radical (unpaired) electrons. The molecule has 3 rings (SSSR count). The van der Waals surface area contributed by atoms with Gasteiger partial charge in [-0.25, -0.2) is 4.98 Å². The Labute approximate surface area is 139 Å². The molecule has 6 heteroatoms. The molecule has 0 spiro atoms. The summed E-state index contributed by atoms with van der Waals surface area (Å²) in [5.74, 6) is 1.03. The van der Waals surface area contributed by atoms with E-state index >= 15 is 0 Å². The normalized spacial score (nSPS) is 11.8. The maximum absolute atomic E-state index is 9.23. The molecule has 0 aliphatic carbocycles. The molecule has 24 heavy (non-hydrogen) atoms. The van der Waals surface area contributed by atoms with Gasteiger partial charge in [-0.15, -0.1) is 0 Å². The summed E-state index contributed by atoms with van der Waals surface area (Å²) >= 11 is 0. The van der Waals surface area contributed by atoms with Crippen LogP contribution in [0.5, 0.6) is 0 Å². The van der Waals surface area contributed by atoms with Crippen LogP contribution in [0.1, 0.15) is 12.0 Å². The van der Waals surface area contributed by atoms with Crippen molar-refractivity contribution < 1.29 is 19.0 Å². The fourth-order valence-corrected chi connectivity index (χ4v) is 2.36. The minimum Gasteiger partial charge on any atom is -0.459 e. The van der Waals surface area contributed by atoms with Crippen molar-refractivity contribution in [3.05, 3.63) is 54.5 Å². The maximum Gasteiger partial charge on any atom is 0.263 e. The van der Waals surface area contributed by atoms with Crippen LogP contribution >= 0.6 is 0 Å². The Morgan fingerprint density at radius 2 is 1.79 bits per heavy atom. The predicted octanol–water partition coefficient (Wildman–Crippen LogP) is 2.22. The Balaban J connectivity index is 1.69. The highest BCUT2D eigenvalue weighted by Crippen LogP contribution is 2.25. The lowest BCUT2D eigenvalue weighted by Crippen LogP contribution is -2.47. The number of nitrogens with two attached hydrogens (primary N) is 1. The van der Waals surface area contributed by atoms with Gasteiger partial charge in [-0.1, -0.05) is 24.3 Å². The van der Waals surface area contributed by atoms with Crippen LogP contribution in [0.2, 0.25) is 0 Å². The average molecular weight is 328 g/mol. The first-order chi connectivity index (χ1) is 11.6. The van der Waals surface area contributed by atoms with Gasteiger partial charge in [-0.3, -0.25) is 0 Å². The number of aromatic nitrogens is 1. The number of hydrogen-bond acceptors (Lipinski definition) is 6. The Morgan fingerprint density at radius 1 is 1.04 bits per heavy atom. The Bertz CT molecular complexity index is 759. The van der Waals surface area contributed by atoms with Crippen LogP contribution in [0.15, 0.2) is 57.8 Å². The van der Waals surface area contributed by atoms with E-state index in [2.05, 4.69) is 4.98 Å². The van der Waals surface area contributed by atoms with Crippen molar-refractivity contribution in [2.75, 3.05) is 13.2 Å². The number of aliphatic hydroxyl groups is 2. The summed E-state index contributed by atoms with van der Waals surface area (Å²) < 4.78 is 10.7. The summed E-state index contributed by atoms with van der Waals surface area (Å²) in [4.78, 5) is 4.42. The van der Waals surface area contributed by atoms with Gasteiger partial charge in [-0.05, 0) is 30.5 Å². The molecule has 2 heterocycles. The lowest BCUT2D eigenvalue weighted by molar-refractivity contribution is 0.115. The van der Waals surface area contributed by atoms with Crippen LogP contribution in [0, 0.1) is 0 Å². The van der Waals surface area contributed by atoms with Crippen molar-refractivity contribution in [3.8, 4) is 22.9 Å². The highest BCUT2D eigenvalue weighted by Gasteiger charge is 2.22. The minimum absolute atomic E-state index is 0.240. The van der Waals surface area contributed by atoms with Crippen LogP contribution in [-0.4, -0.2) is 33.9 Å². The number of oxazole rings is 1. The summed E-state index contributed by atoms with van der Waals surface area (Å²) in [5, 5.41) is 18.5. The number of furan rings is 1. The third-order valence-corrected chi connectivity index (χ3v) is 4.03. The van der Waals surface area contributed by atoms with Crippen molar-refractivity contribution >= 4 is 0 Å². The first-order valence-electron chi connectivity index (χ1n) is 7.73. The number of aliphatic hydroxyl groups excluding tert-OH is 2. The second kappa shape index (κ2) is 7.00. The smallest absolute Gasteiger partial charge is 0.263 e. The van der Waals surface area contributed by atoms with Gasteiger partial charge in [0.2, 0.25) is 0 Å². The molecule has 0 amide bonds. The average Bonchev–Trinajstić information content (AvgIpc) is 3.31. The van der Waals surface area contributed by atoms with E-state index < -0.39 is 5.54 Å². The third kappa shape index (κ3) is 3.56. The monoisotopic (exact) mass is 328 g/mol. The number of hydrogen-bond donors (Lipinski definition) is 3. The van der Waals surface area contributed by atoms with E-state index in [1.54, 1.807) is 24.7 Å². The maximum atomic E-state index is 9.23. The molecule has 0 atom stereocenters. The van der Waals surface area contributed by atoms with Gasteiger partial charge < -0.3 is 24.8 Å². The summed E-state index contributed by atoms with van der Waals surface area (Å²) in [6.07, 6.45) is 4.35. The molecule has 0 bridgehead atoms. The van der Waals surface area contributed by atoms with Gasteiger partial charge in [0.15, 0.2) is 5.76 Å². The van der Waals surface area contributed by atoms with Crippen LogP contribution in [0.4, 0.5) is 0 Å².